The summed E-state index contributed by atoms with van der Waals surface area (Å²) in [6.07, 6.45) is 6.64. The Hall–Kier alpha value is -3.35. The summed E-state index contributed by atoms with van der Waals surface area (Å²) in [5, 5.41) is 10.7. The number of aliphatic carboxylic acids is 1. The Bertz CT molecular complexity index is 1170. The highest BCUT2D eigenvalue weighted by atomic mass is 35.5. The maximum Gasteiger partial charge on any atom is 0.336 e. The summed E-state index contributed by atoms with van der Waals surface area (Å²) in [4.78, 5) is 26.8. The molecule has 7 heteroatoms. The third-order valence-corrected chi connectivity index (χ3v) is 6.13. The summed E-state index contributed by atoms with van der Waals surface area (Å²) in [7, 11) is 0. The fourth-order valence-electron chi connectivity index (χ4n) is 3.33. The van der Waals surface area contributed by atoms with Gasteiger partial charge in [0.2, 0.25) is 0 Å². The largest absolute Gasteiger partial charge is 0.479 e. The second-order valence-electron chi connectivity index (χ2n) is 6.87. The van der Waals surface area contributed by atoms with Crippen molar-refractivity contribution in [3.63, 3.8) is 0 Å². The number of hydrogen-bond acceptors (Lipinski definition) is 5. The van der Waals surface area contributed by atoms with E-state index in [4.69, 9.17) is 16.3 Å². The van der Waals surface area contributed by atoms with Crippen molar-refractivity contribution in [2.75, 3.05) is 0 Å². The monoisotopic (exact) mass is 451 g/mol. The van der Waals surface area contributed by atoms with Crippen LogP contribution in [0.25, 0.3) is 12.2 Å². The van der Waals surface area contributed by atoms with Crippen LogP contribution in [0.5, 0.6) is 5.06 Å². The maximum absolute atomic E-state index is 12.2. The molecule has 1 N–H and O–H groups in total. The van der Waals surface area contributed by atoms with Gasteiger partial charge in [-0.2, -0.15) is 0 Å². The number of benzene rings is 2. The molecule has 2 aromatic carbocycles. The van der Waals surface area contributed by atoms with Gasteiger partial charge in [0.25, 0.3) is 0 Å². The van der Waals surface area contributed by atoms with Crippen molar-refractivity contribution in [1.82, 2.24) is 4.90 Å². The number of thiophene rings is 1. The van der Waals surface area contributed by atoms with Gasteiger partial charge in [-0.1, -0.05) is 71.5 Å². The highest BCUT2D eigenvalue weighted by molar-refractivity contribution is 7.15. The smallest absolute Gasteiger partial charge is 0.336 e. The summed E-state index contributed by atoms with van der Waals surface area (Å²) in [6.45, 7) is 0.363. The fraction of sp³-hybridized carbons (Fsp3) is 0.0833. The summed E-state index contributed by atoms with van der Waals surface area (Å²) in [5.41, 5.74) is 2.32. The number of nitrogens with zero attached hydrogens (tertiary/aromatic N) is 1. The molecule has 3 aromatic rings. The van der Waals surface area contributed by atoms with Gasteiger partial charge in [0.15, 0.2) is 11.1 Å². The van der Waals surface area contributed by atoms with Crippen LogP contribution >= 0.6 is 22.9 Å². The fourth-order valence-corrected chi connectivity index (χ4v) is 4.50. The van der Waals surface area contributed by atoms with Crippen molar-refractivity contribution in [2.24, 2.45) is 0 Å². The molecule has 0 fully saturated rings. The molecule has 156 valence electrons. The van der Waals surface area contributed by atoms with Crippen molar-refractivity contribution in [3.05, 3.63) is 99.5 Å². The number of fused-ring (bicyclic) bond motifs is 1. The predicted molar refractivity (Wildman–Crippen MR) is 122 cm³/mol. The van der Waals surface area contributed by atoms with Gasteiger partial charge >= 0.3 is 11.9 Å². The van der Waals surface area contributed by atoms with E-state index in [1.807, 2.05) is 36.4 Å². The quantitative estimate of drug-likeness (QED) is 0.388. The Morgan fingerprint density at radius 1 is 1.13 bits per heavy atom. The standard InChI is InChI=1S/C24H18ClNO4S/c25-19-9-5-4-8-18(19)23(24(28)29)26-13-12-20-17(15-26)14-22(31-20)30-21(27)11-10-16-6-2-1-3-7-16/h1-14,23H,15H2,(H,28,29)/t23-/m0/s1. The van der Waals surface area contributed by atoms with Crippen LogP contribution in [0.2, 0.25) is 5.02 Å². The average Bonchev–Trinajstić information content (AvgIpc) is 3.16. The molecule has 0 aliphatic carbocycles. The van der Waals surface area contributed by atoms with Gasteiger partial charge in [-0.3, -0.25) is 0 Å². The Kier molecular flexibility index (Phi) is 6.21. The molecule has 0 saturated heterocycles. The highest BCUT2D eigenvalue weighted by Crippen LogP contribution is 2.37. The summed E-state index contributed by atoms with van der Waals surface area (Å²) in [5.74, 6) is -1.46. The van der Waals surface area contributed by atoms with Gasteiger partial charge in [0.05, 0.1) is 0 Å². The van der Waals surface area contributed by atoms with Crippen LogP contribution in [-0.2, 0) is 16.1 Å². The molecule has 0 bridgehead atoms. The van der Waals surface area contributed by atoms with Crippen LogP contribution in [0.3, 0.4) is 0 Å². The number of rotatable bonds is 6. The molecule has 5 nitrogen and oxygen atoms in total. The minimum atomic E-state index is -0.992. The van der Waals surface area contributed by atoms with E-state index in [-0.39, 0.29) is 0 Å². The number of carbonyl (C=O) groups excluding carboxylic acids is 1. The van der Waals surface area contributed by atoms with Crippen molar-refractivity contribution in [3.8, 4) is 5.06 Å². The van der Waals surface area contributed by atoms with Crippen LogP contribution < -0.4 is 4.74 Å². The lowest BCUT2D eigenvalue weighted by Crippen LogP contribution is -2.31. The number of esters is 1. The molecule has 0 unspecified atom stereocenters. The number of carboxylic acid groups (broad SMARTS) is 1. The third kappa shape index (κ3) is 4.87. The van der Waals surface area contributed by atoms with Crippen LogP contribution in [0.15, 0.2) is 72.9 Å². The van der Waals surface area contributed by atoms with Crippen LogP contribution in [0.1, 0.15) is 27.6 Å². The van der Waals surface area contributed by atoms with E-state index in [1.54, 1.807) is 47.5 Å². The first-order chi connectivity index (χ1) is 15.0. The average molecular weight is 452 g/mol. The summed E-state index contributed by atoms with van der Waals surface area (Å²) in [6, 6.07) is 17.3. The molecule has 0 amide bonds. The molecule has 0 saturated carbocycles. The van der Waals surface area contributed by atoms with Crippen molar-refractivity contribution >= 4 is 47.0 Å². The van der Waals surface area contributed by atoms with Crippen molar-refractivity contribution < 1.29 is 19.4 Å². The van der Waals surface area contributed by atoms with E-state index in [0.717, 1.165) is 16.0 Å². The lowest BCUT2D eigenvalue weighted by molar-refractivity contribution is -0.142. The molecule has 0 radical (unpaired) electrons. The number of hydrogen-bond donors (Lipinski definition) is 1. The Morgan fingerprint density at radius 2 is 1.87 bits per heavy atom. The SMILES string of the molecule is O=C(C=Cc1ccccc1)Oc1cc2c(s1)C=CN([C@H](C(=O)O)c1ccccc1Cl)C2. The van der Waals surface area contributed by atoms with E-state index >= 15 is 0 Å². The normalized spacial score (nSPS) is 13.8. The first-order valence-corrected chi connectivity index (χ1v) is 10.7. The first kappa shape index (κ1) is 20.9. The van der Waals surface area contributed by atoms with Gasteiger partial charge in [-0.25, -0.2) is 9.59 Å². The third-order valence-electron chi connectivity index (χ3n) is 4.77. The van der Waals surface area contributed by atoms with Gasteiger partial charge < -0.3 is 14.7 Å². The molecular formula is C24H18ClNO4S. The number of carboxylic acids is 1. The zero-order valence-electron chi connectivity index (χ0n) is 16.3. The minimum absolute atomic E-state index is 0.363. The van der Waals surface area contributed by atoms with Crippen LogP contribution in [-0.4, -0.2) is 21.9 Å². The van der Waals surface area contributed by atoms with E-state index in [0.29, 0.717) is 22.2 Å². The predicted octanol–water partition coefficient (Wildman–Crippen LogP) is 5.63. The molecular weight excluding hydrogens is 434 g/mol. The Morgan fingerprint density at radius 3 is 2.61 bits per heavy atom. The van der Waals surface area contributed by atoms with Crippen LogP contribution in [0.4, 0.5) is 0 Å². The second-order valence-corrected chi connectivity index (χ2v) is 8.32. The van der Waals surface area contributed by atoms with Crippen molar-refractivity contribution in [2.45, 2.75) is 12.6 Å². The van der Waals surface area contributed by atoms with Crippen LogP contribution in [0, 0.1) is 0 Å². The van der Waals surface area contributed by atoms with E-state index < -0.39 is 18.0 Å². The molecule has 1 atom stereocenters. The highest BCUT2D eigenvalue weighted by Gasteiger charge is 2.30. The van der Waals surface area contributed by atoms with Gasteiger partial charge in [0.1, 0.15) is 0 Å². The van der Waals surface area contributed by atoms with E-state index in [1.165, 1.54) is 17.4 Å². The molecule has 4 rings (SSSR count). The zero-order chi connectivity index (χ0) is 21.8. The molecule has 1 aromatic heterocycles. The summed E-state index contributed by atoms with van der Waals surface area (Å²) >= 11 is 7.58. The van der Waals surface area contributed by atoms with E-state index in [9.17, 15) is 14.7 Å². The summed E-state index contributed by atoms with van der Waals surface area (Å²) < 4.78 is 5.44. The molecule has 31 heavy (non-hydrogen) atoms. The van der Waals surface area contributed by atoms with Crippen molar-refractivity contribution in [1.29, 1.82) is 0 Å². The molecule has 1 aliphatic rings. The first-order valence-electron chi connectivity index (χ1n) is 9.50. The van der Waals surface area contributed by atoms with Gasteiger partial charge in [-0.15, -0.1) is 0 Å². The maximum atomic E-state index is 12.2. The minimum Gasteiger partial charge on any atom is -0.479 e. The Labute approximate surface area is 188 Å². The number of carbonyl (C=O) groups is 2. The Balaban J connectivity index is 1.48. The molecule has 1 aliphatic heterocycles. The van der Waals surface area contributed by atoms with E-state index in [2.05, 4.69) is 0 Å². The van der Waals surface area contributed by atoms with Gasteiger partial charge in [0, 0.05) is 34.3 Å². The zero-order valence-corrected chi connectivity index (χ0v) is 17.8. The molecule has 0 spiro atoms. The lowest BCUT2D eigenvalue weighted by atomic mass is 10.0. The molecule has 2 heterocycles. The second kappa shape index (κ2) is 9.20. The number of halogens is 1. The van der Waals surface area contributed by atoms with Gasteiger partial charge in [-0.05, 0) is 35.4 Å². The topological polar surface area (TPSA) is 66.8 Å². The number of ether oxygens (including phenoxy) is 1. The lowest BCUT2D eigenvalue weighted by Gasteiger charge is -2.30.